The van der Waals surface area contributed by atoms with Crippen molar-refractivity contribution in [3.05, 3.63) is 65.3 Å². The van der Waals surface area contributed by atoms with Crippen molar-refractivity contribution in [2.75, 3.05) is 7.05 Å². The van der Waals surface area contributed by atoms with Gasteiger partial charge in [0.25, 0.3) is 0 Å². The highest BCUT2D eigenvalue weighted by Gasteiger charge is 2.15. The molecule has 0 aliphatic carbocycles. The zero-order chi connectivity index (χ0) is 14.0. The van der Waals surface area contributed by atoms with E-state index in [1.807, 2.05) is 0 Å². The third kappa shape index (κ3) is 1.27. The summed E-state index contributed by atoms with van der Waals surface area (Å²) in [4.78, 5) is 2.12. The van der Waals surface area contributed by atoms with Crippen LogP contribution in [-0.4, -0.2) is 16.3 Å². The summed E-state index contributed by atoms with van der Waals surface area (Å²) in [5.41, 5.74) is 2.62. The Morgan fingerprint density at radius 3 is 2.62 bits per heavy atom. The lowest BCUT2D eigenvalue weighted by molar-refractivity contribution is 0.682. The number of rotatable bonds is 0. The van der Waals surface area contributed by atoms with Crippen molar-refractivity contribution in [2.24, 2.45) is 0 Å². The van der Waals surface area contributed by atoms with Gasteiger partial charge in [0.2, 0.25) is 0 Å². The van der Waals surface area contributed by atoms with Crippen molar-refractivity contribution >= 4 is 39.5 Å². The van der Waals surface area contributed by atoms with E-state index in [1.54, 1.807) is 0 Å². The van der Waals surface area contributed by atoms with Gasteiger partial charge in [0.05, 0.1) is 16.4 Å². The molecule has 3 heterocycles. The van der Waals surface area contributed by atoms with Crippen LogP contribution in [0, 0.1) is 0 Å². The van der Waals surface area contributed by atoms with Gasteiger partial charge in [-0.05, 0) is 18.2 Å². The molecule has 5 rings (SSSR count). The summed E-state index contributed by atoms with van der Waals surface area (Å²) in [6, 6.07) is 15.3. The van der Waals surface area contributed by atoms with Gasteiger partial charge in [0.1, 0.15) is 0 Å². The normalized spacial score (nSPS) is 14.4. The first-order valence-electron chi connectivity index (χ1n) is 7.20. The lowest BCUT2D eigenvalue weighted by Gasteiger charge is -2.03. The van der Waals surface area contributed by atoms with Gasteiger partial charge in [0, 0.05) is 40.8 Å². The van der Waals surface area contributed by atoms with Gasteiger partial charge in [-0.2, -0.15) is 0 Å². The van der Waals surface area contributed by atoms with Crippen LogP contribution in [0.1, 0.15) is 0 Å². The fourth-order valence-corrected chi connectivity index (χ4v) is 3.56. The lowest BCUT2D eigenvalue weighted by atomic mass is 10.1. The van der Waals surface area contributed by atoms with E-state index in [4.69, 9.17) is 0 Å². The molecule has 21 heavy (non-hydrogen) atoms. The van der Waals surface area contributed by atoms with Crippen LogP contribution >= 0.6 is 0 Å². The third-order valence-electron chi connectivity index (χ3n) is 4.41. The Labute approximate surface area is 121 Å². The minimum Gasteiger partial charge on any atom is -0.357 e. The number of hydrogen-bond acceptors (Lipinski definition) is 1. The maximum atomic E-state index is 2.40. The van der Waals surface area contributed by atoms with E-state index in [0.29, 0.717) is 0 Å². The molecule has 4 aromatic rings. The van der Waals surface area contributed by atoms with Gasteiger partial charge in [-0.3, -0.25) is 0 Å². The molecule has 0 spiro atoms. The standard InChI is InChI=1S/C19H14N2/c1-20-11-5-10-18-16(12-20)15-8-4-7-14-13-6-2-3-9-17(13)21(18)19(14)15/h2-12H,1H3. The molecule has 0 atom stereocenters. The minimum atomic E-state index is 1.27. The maximum Gasteiger partial charge on any atom is 0.0621 e. The summed E-state index contributed by atoms with van der Waals surface area (Å²) < 4.78 is 2.40. The topological polar surface area (TPSA) is 7.65 Å². The molecule has 0 fully saturated rings. The second kappa shape index (κ2) is 3.67. The second-order valence-corrected chi connectivity index (χ2v) is 5.66. The maximum absolute atomic E-state index is 2.40. The molecule has 0 bridgehead atoms. The quantitative estimate of drug-likeness (QED) is 0.477. The van der Waals surface area contributed by atoms with Crippen LogP contribution < -0.4 is 10.6 Å². The van der Waals surface area contributed by atoms with Gasteiger partial charge >= 0.3 is 0 Å². The highest BCUT2D eigenvalue weighted by Crippen LogP contribution is 2.29. The Bertz CT molecular complexity index is 1150. The number of fused-ring (bicyclic) bond motifs is 6. The zero-order valence-corrected chi connectivity index (χ0v) is 11.7. The fraction of sp³-hybridized carbons (Fsp3) is 0.0526. The smallest absolute Gasteiger partial charge is 0.0621 e. The average Bonchev–Trinajstić information content (AvgIpc) is 2.92. The van der Waals surface area contributed by atoms with Crippen molar-refractivity contribution < 1.29 is 0 Å². The monoisotopic (exact) mass is 270 g/mol. The predicted molar refractivity (Wildman–Crippen MR) is 88.7 cm³/mol. The van der Waals surface area contributed by atoms with Crippen molar-refractivity contribution in [3.63, 3.8) is 0 Å². The number of benzene rings is 2. The fourth-order valence-electron chi connectivity index (χ4n) is 3.56. The van der Waals surface area contributed by atoms with E-state index in [0.717, 1.165) is 0 Å². The van der Waals surface area contributed by atoms with Crippen LogP contribution in [0.25, 0.3) is 39.5 Å². The highest BCUT2D eigenvalue weighted by atomic mass is 15.1. The molecule has 0 saturated heterocycles. The van der Waals surface area contributed by atoms with Crippen molar-refractivity contribution in [1.82, 2.24) is 9.30 Å². The van der Waals surface area contributed by atoms with Gasteiger partial charge in [-0.1, -0.05) is 36.4 Å². The molecule has 0 radical (unpaired) electrons. The molecule has 1 aliphatic rings. The summed E-state index contributed by atoms with van der Waals surface area (Å²) in [6.07, 6.45) is 8.63. The molecule has 0 amide bonds. The Hall–Kier alpha value is -2.74. The second-order valence-electron chi connectivity index (χ2n) is 5.66. The van der Waals surface area contributed by atoms with E-state index >= 15 is 0 Å². The van der Waals surface area contributed by atoms with E-state index in [1.165, 1.54) is 37.8 Å². The highest BCUT2D eigenvalue weighted by molar-refractivity contribution is 6.14. The minimum absolute atomic E-state index is 1.27. The summed E-state index contributed by atoms with van der Waals surface area (Å²) in [6.45, 7) is 0. The summed E-state index contributed by atoms with van der Waals surface area (Å²) in [5, 5.41) is 6.56. The first-order chi connectivity index (χ1) is 10.3. The molecule has 2 heteroatoms. The Balaban J connectivity index is 2.24. The molecule has 2 aromatic carbocycles. The Morgan fingerprint density at radius 2 is 1.67 bits per heavy atom. The van der Waals surface area contributed by atoms with Crippen LogP contribution in [0.5, 0.6) is 0 Å². The Morgan fingerprint density at radius 1 is 0.857 bits per heavy atom. The van der Waals surface area contributed by atoms with Crippen molar-refractivity contribution in [2.45, 2.75) is 0 Å². The SMILES string of the molecule is CN1C=CC=c2c(c3cccc4c5ccccc5n2c34)=C1. The summed E-state index contributed by atoms with van der Waals surface area (Å²) in [7, 11) is 2.08. The molecule has 0 unspecified atom stereocenters. The third-order valence-corrected chi connectivity index (χ3v) is 4.41. The van der Waals surface area contributed by atoms with Gasteiger partial charge in [0.15, 0.2) is 0 Å². The average molecular weight is 270 g/mol. The Kier molecular flexibility index (Phi) is 1.92. The van der Waals surface area contributed by atoms with Crippen LogP contribution in [0.2, 0.25) is 0 Å². The van der Waals surface area contributed by atoms with Crippen LogP contribution in [0.15, 0.2) is 54.7 Å². The number of para-hydroxylation sites is 2. The summed E-state index contributed by atoms with van der Waals surface area (Å²) in [5.74, 6) is 0. The van der Waals surface area contributed by atoms with Crippen LogP contribution in [0.3, 0.4) is 0 Å². The number of aromatic nitrogens is 1. The van der Waals surface area contributed by atoms with Gasteiger partial charge < -0.3 is 9.30 Å². The van der Waals surface area contributed by atoms with Crippen LogP contribution in [0.4, 0.5) is 0 Å². The van der Waals surface area contributed by atoms with E-state index in [2.05, 4.69) is 83.4 Å². The first-order valence-corrected chi connectivity index (χ1v) is 7.20. The molecular formula is C19H14N2. The van der Waals surface area contributed by atoms with Crippen molar-refractivity contribution in [3.8, 4) is 0 Å². The largest absolute Gasteiger partial charge is 0.357 e. The molecule has 0 N–H and O–H groups in total. The van der Waals surface area contributed by atoms with E-state index in [-0.39, 0.29) is 0 Å². The zero-order valence-electron chi connectivity index (χ0n) is 11.7. The molecule has 2 aromatic heterocycles. The molecule has 0 saturated carbocycles. The van der Waals surface area contributed by atoms with E-state index < -0.39 is 0 Å². The number of allylic oxidation sites excluding steroid dienone is 1. The summed E-state index contributed by atoms with van der Waals surface area (Å²) >= 11 is 0. The number of nitrogens with zero attached hydrogens (tertiary/aromatic N) is 2. The molecule has 100 valence electrons. The van der Waals surface area contributed by atoms with Gasteiger partial charge in [-0.15, -0.1) is 0 Å². The molecular weight excluding hydrogens is 256 g/mol. The first kappa shape index (κ1) is 11.0. The van der Waals surface area contributed by atoms with Gasteiger partial charge in [-0.25, -0.2) is 0 Å². The van der Waals surface area contributed by atoms with E-state index in [9.17, 15) is 0 Å². The predicted octanol–water partition coefficient (Wildman–Crippen LogP) is 2.66. The molecule has 1 aliphatic heterocycles. The molecule has 2 nitrogen and oxygen atoms in total. The van der Waals surface area contributed by atoms with Crippen molar-refractivity contribution in [1.29, 1.82) is 0 Å². The van der Waals surface area contributed by atoms with Crippen LogP contribution in [-0.2, 0) is 0 Å². The number of hydrogen-bond donors (Lipinski definition) is 0. The lowest BCUT2D eigenvalue weighted by Crippen LogP contribution is -2.26.